The van der Waals surface area contributed by atoms with E-state index in [9.17, 15) is 0 Å². The van der Waals surface area contributed by atoms with Crippen LogP contribution < -0.4 is 4.57 Å². The van der Waals surface area contributed by atoms with Gasteiger partial charge in [0.15, 0.2) is 0 Å². The van der Waals surface area contributed by atoms with Gasteiger partial charge in [-0.15, -0.1) is 0 Å². The molecule has 57 valence electrons. The van der Waals surface area contributed by atoms with Crippen LogP contribution in [0.4, 0.5) is 0 Å². The largest absolute Gasteiger partial charge is 1.00 e. The monoisotopic (exact) mass is 226 g/mol. The van der Waals surface area contributed by atoms with Crippen LogP contribution in [-0.2, 0) is 33.6 Å². The van der Waals surface area contributed by atoms with E-state index < -0.39 is 0 Å². The molecular weight excluding hydrogens is 213 g/mol. The fraction of sp³-hybridized carbons (Fsp3) is 0.571. The van der Waals surface area contributed by atoms with Crippen molar-refractivity contribution in [1.82, 2.24) is 4.57 Å². The summed E-state index contributed by atoms with van der Waals surface area (Å²) in [5, 5.41) is 0. The minimum Gasteiger partial charge on any atom is -0.400 e. The third kappa shape index (κ3) is 1.46. The summed E-state index contributed by atoms with van der Waals surface area (Å²) in [6, 6.07) is 0. The fourth-order valence-corrected chi connectivity index (χ4v) is 0.866. The Balaban J connectivity index is 0.000000810. The maximum atomic E-state index is 3.16. The summed E-state index contributed by atoms with van der Waals surface area (Å²) in [6.45, 7) is 4.12. The van der Waals surface area contributed by atoms with Gasteiger partial charge in [0.1, 0.15) is 5.82 Å². The topological polar surface area (TPSA) is 8.81 Å². The number of imidazole rings is 1. The summed E-state index contributed by atoms with van der Waals surface area (Å²) in [5.41, 5.74) is 1.18. The molecule has 0 amide bonds. The Morgan fingerprint density at radius 1 is 1.40 bits per heavy atom. The Bertz CT molecular complexity index is 205. The number of rotatable bonds is 0. The first kappa shape index (κ1) is 9.83. The van der Waals surface area contributed by atoms with Crippen molar-refractivity contribution in [3.63, 3.8) is 0 Å². The second-order valence-corrected chi connectivity index (χ2v) is 2.36. The van der Waals surface area contributed by atoms with Crippen molar-refractivity contribution in [3.05, 3.63) is 17.7 Å². The van der Waals surface area contributed by atoms with Crippen molar-refractivity contribution in [2.75, 3.05) is 0 Å². The summed E-state index contributed by atoms with van der Waals surface area (Å²) in [6.07, 6.45) is 3.16. The zero-order valence-electron chi connectivity index (χ0n) is 6.75. The van der Waals surface area contributed by atoms with Crippen molar-refractivity contribution in [2.24, 2.45) is 14.1 Å². The molecule has 2 nitrogen and oxygen atoms in total. The van der Waals surface area contributed by atoms with Crippen LogP contribution in [0.15, 0.2) is 0 Å². The minimum absolute atomic E-state index is 0. The van der Waals surface area contributed by atoms with Gasteiger partial charge in [0, 0.05) is 12.7 Å². The molecule has 1 aromatic rings. The van der Waals surface area contributed by atoms with Crippen molar-refractivity contribution in [3.8, 4) is 0 Å². The molecule has 0 bridgehead atoms. The van der Waals surface area contributed by atoms with Gasteiger partial charge in [0.05, 0.1) is 7.05 Å². The smallest absolute Gasteiger partial charge is 0.400 e. The Labute approximate surface area is 74.6 Å². The van der Waals surface area contributed by atoms with Crippen LogP contribution in [0.3, 0.4) is 0 Å². The van der Waals surface area contributed by atoms with Crippen LogP contribution in [0.1, 0.15) is 11.5 Å². The molecule has 1 rings (SSSR count). The van der Waals surface area contributed by atoms with E-state index in [0.717, 1.165) is 0 Å². The SMILES string of the molecule is Cc1[c-][n+](C)c(C)n1C.[Ru+]. The van der Waals surface area contributed by atoms with E-state index in [4.69, 9.17) is 0 Å². The van der Waals surface area contributed by atoms with Gasteiger partial charge in [-0.3, -0.25) is 0 Å². The van der Waals surface area contributed by atoms with Crippen molar-refractivity contribution >= 4 is 0 Å². The zero-order chi connectivity index (χ0) is 7.02. The van der Waals surface area contributed by atoms with Gasteiger partial charge in [-0.2, -0.15) is 0 Å². The molecule has 0 aromatic carbocycles. The van der Waals surface area contributed by atoms with E-state index >= 15 is 0 Å². The molecule has 0 N–H and O–H groups in total. The summed E-state index contributed by atoms with van der Waals surface area (Å²) >= 11 is 0. The van der Waals surface area contributed by atoms with E-state index in [2.05, 4.69) is 17.7 Å². The second kappa shape index (κ2) is 3.29. The quantitative estimate of drug-likeness (QED) is 0.340. The van der Waals surface area contributed by atoms with Crippen molar-refractivity contribution < 1.29 is 24.0 Å². The molecule has 0 saturated heterocycles. The number of nitrogens with zero attached hydrogens (tertiary/aromatic N) is 2. The summed E-state index contributed by atoms with van der Waals surface area (Å²) in [7, 11) is 4.05. The maximum absolute atomic E-state index is 3.16. The summed E-state index contributed by atoms with van der Waals surface area (Å²) in [5.74, 6) is 1.23. The first-order valence-corrected chi connectivity index (χ1v) is 3.04. The van der Waals surface area contributed by atoms with Crippen LogP contribution in [0.25, 0.3) is 0 Å². The molecule has 0 saturated carbocycles. The van der Waals surface area contributed by atoms with E-state index in [0.29, 0.717) is 0 Å². The zero-order valence-corrected chi connectivity index (χ0v) is 8.49. The average molecular weight is 225 g/mol. The first-order chi connectivity index (χ1) is 4.13. The van der Waals surface area contributed by atoms with Gasteiger partial charge >= 0.3 is 19.5 Å². The predicted octanol–water partition coefficient (Wildman–Crippen LogP) is 0.264. The Hall–Kier alpha value is -0.167. The van der Waals surface area contributed by atoms with E-state index in [-0.39, 0.29) is 19.5 Å². The van der Waals surface area contributed by atoms with Crippen molar-refractivity contribution in [1.29, 1.82) is 0 Å². The molecule has 10 heavy (non-hydrogen) atoms. The van der Waals surface area contributed by atoms with Crippen LogP contribution in [0, 0.1) is 20.0 Å². The third-order valence-electron chi connectivity index (χ3n) is 1.80. The molecule has 0 unspecified atom stereocenters. The molecule has 0 spiro atoms. The van der Waals surface area contributed by atoms with Gasteiger partial charge in [-0.05, 0) is 20.0 Å². The molecule has 0 aliphatic rings. The first-order valence-electron chi connectivity index (χ1n) is 3.04. The minimum atomic E-state index is 0. The summed E-state index contributed by atoms with van der Waals surface area (Å²) in [4.78, 5) is 0. The van der Waals surface area contributed by atoms with Gasteiger partial charge in [-0.25, -0.2) is 0 Å². The van der Waals surface area contributed by atoms with Crippen LogP contribution in [0.2, 0.25) is 0 Å². The van der Waals surface area contributed by atoms with E-state index in [1.165, 1.54) is 11.5 Å². The van der Waals surface area contributed by atoms with Gasteiger partial charge in [0.25, 0.3) is 0 Å². The molecule has 1 radical (unpaired) electrons. The Morgan fingerprint density at radius 3 is 2.00 bits per heavy atom. The van der Waals surface area contributed by atoms with Crippen LogP contribution in [0.5, 0.6) is 0 Å². The van der Waals surface area contributed by atoms with E-state index in [1.807, 2.05) is 25.6 Å². The maximum Gasteiger partial charge on any atom is 1.00 e. The van der Waals surface area contributed by atoms with Gasteiger partial charge in [-0.1, -0.05) is 0 Å². The van der Waals surface area contributed by atoms with Crippen LogP contribution >= 0.6 is 0 Å². The Morgan fingerprint density at radius 2 is 1.90 bits per heavy atom. The number of aryl methyl sites for hydroxylation is 2. The fourth-order valence-electron chi connectivity index (χ4n) is 0.866. The van der Waals surface area contributed by atoms with Gasteiger partial charge in [0.2, 0.25) is 0 Å². The molecule has 1 heterocycles. The average Bonchev–Trinajstić information content (AvgIpc) is 1.98. The molecule has 0 atom stereocenters. The normalized spacial score (nSPS) is 9.20. The second-order valence-electron chi connectivity index (χ2n) is 2.36. The molecular formula is C7H12N2Ru+. The summed E-state index contributed by atoms with van der Waals surface area (Å²) < 4.78 is 4.11. The standard InChI is InChI=1S/C7H12N2.Ru/c1-6-5-8(3)7(2)9(6)4;/h1-4H3;/q;+1. The van der Waals surface area contributed by atoms with Crippen molar-refractivity contribution in [2.45, 2.75) is 13.8 Å². The number of hydrogen-bond donors (Lipinski definition) is 0. The predicted molar refractivity (Wildman–Crippen MR) is 34.9 cm³/mol. The van der Waals surface area contributed by atoms with Gasteiger partial charge < -0.3 is 9.13 Å². The number of aromatic nitrogens is 2. The molecule has 1 aromatic heterocycles. The molecule has 0 fully saturated rings. The molecule has 3 heteroatoms. The number of hydrogen-bond acceptors (Lipinski definition) is 0. The molecule has 0 aliphatic carbocycles. The van der Waals surface area contributed by atoms with Crippen LogP contribution in [-0.4, -0.2) is 4.57 Å². The molecule has 0 aliphatic heterocycles. The third-order valence-corrected chi connectivity index (χ3v) is 1.80. The Kier molecular flexibility index (Phi) is 3.24. The van der Waals surface area contributed by atoms with E-state index in [1.54, 1.807) is 0 Å².